The molecule has 2 heterocycles. The van der Waals surface area contributed by atoms with Crippen LogP contribution in [0.4, 0.5) is 9.18 Å². The number of hydrogen-bond acceptors (Lipinski definition) is 4. The quantitative estimate of drug-likeness (QED) is 0.642. The number of piperidine rings is 1. The fourth-order valence-corrected chi connectivity index (χ4v) is 4.41. The molecule has 31 heavy (non-hydrogen) atoms. The van der Waals surface area contributed by atoms with E-state index in [0.717, 1.165) is 24.2 Å². The van der Waals surface area contributed by atoms with Gasteiger partial charge in [0.1, 0.15) is 23.3 Å². The lowest BCUT2D eigenvalue weighted by molar-refractivity contribution is 0.0204. The third-order valence-corrected chi connectivity index (χ3v) is 5.89. The highest BCUT2D eigenvalue weighted by Gasteiger charge is 2.33. The summed E-state index contributed by atoms with van der Waals surface area (Å²) in [5.41, 5.74) is 2.61. The zero-order chi connectivity index (χ0) is 22.2. The van der Waals surface area contributed by atoms with Gasteiger partial charge in [-0.2, -0.15) is 5.26 Å². The van der Waals surface area contributed by atoms with Gasteiger partial charge in [0.2, 0.25) is 0 Å². The first-order valence-corrected chi connectivity index (χ1v) is 10.7. The molecule has 4 rings (SSSR count). The normalized spacial score (nSPS) is 18.8. The van der Waals surface area contributed by atoms with Crippen LogP contribution in [0, 0.1) is 17.1 Å². The Balaban J connectivity index is 1.47. The monoisotopic (exact) mass is 422 g/mol. The van der Waals surface area contributed by atoms with Gasteiger partial charge in [-0.15, -0.1) is 0 Å². The highest BCUT2D eigenvalue weighted by molar-refractivity contribution is 5.68. The lowest BCUT2D eigenvalue weighted by Crippen LogP contribution is -2.41. The second kappa shape index (κ2) is 8.22. The van der Waals surface area contributed by atoms with Gasteiger partial charge in [0.15, 0.2) is 0 Å². The fourth-order valence-electron chi connectivity index (χ4n) is 4.41. The van der Waals surface area contributed by atoms with E-state index in [1.54, 1.807) is 17.0 Å². The molecule has 0 aromatic heterocycles. The number of ether oxygens (including phenoxy) is 2. The average molecular weight is 423 g/mol. The number of fused-ring (bicyclic) bond motifs is 1. The Bertz CT molecular complexity index is 1030. The summed E-state index contributed by atoms with van der Waals surface area (Å²) in [6.07, 6.45) is 1.65. The Morgan fingerprint density at radius 2 is 1.94 bits per heavy atom. The molecule has 0 N–H and O–H groups in total. The van der Waals surface area contributed by atoms with E-state index in [1.165, 1.54) is 11.6 Å². The molecule has 0 spiro atoms. The van der Waals surface area contributed by atoms with E-state index < -0.39 is 17.5 Å². The van der Waals surface area contributed by atoms with E-state index in [-0.39, 0.29) is 6.09 Å². The third kappa shape index (κ3) is 4.51. The summed E-state index contributed by atoms with van der Waals surface area (Å²) in [6, 6.07) is 12.5. The van der Waals surface area contributed by atoms with E-state index in [0.29, 0.717) is 36.6 Å². The van der Waals surface area contributed by atoms with Crippen molar-refractivity contribution in [1.29, 1.82) is 5.26 Å². The van der Waals surface area contributed by atoms with E-state index >= 15 is 0 Å². The predicted octanol–water partition coefficient (Wildman–Crippen LogP) is 5.49. The number of carbonyl (C=O) groups excluding carboxylic acids is 1. The molecule has 2 aliphatic heterocycles. The van der Waals surface area contributed by atoms with Gasteiger partial charge in [0.25, 0.3) is 0 Å². The van der Waals surface area contributed by atoms with Crippen LogP contribution in [0.1, 0.15) is 67.9 Å². The molecule has 162 valence electrons. The SMILES string of the molecule is CC(C)(C)OC(=O)N1CCC(c2cccc3c2CC(c2ccc(C#N)cc2F)O3)CC1. The van der Waals surface area contributed by atoms with Crippen molar-refractivity contribution in [1.82, 2.24) is 4.90 Å². The van der Waals surface area contributed by atoms with Crippen molar-refractivity contribution in [2.75, 3.05) is 13.1 Å². The number of nitriles is 1. The van der Waals surface area contributed by atoms with Gasteiger partial charge >= 0.3 is 6.09 Å². The van der Waals surface area contributed by atoms with Crippen molar-refractivity contribution in [3.8, 4) is 11.8 Å². The lowest BCUT2D eigenvalue weighted by Gasteiger charge is -2.34. The molecule has 0 radical (unpaired) electrons. The standard InChI is InChI=1S/C25H27FN2O3/c1-25(2,3)31-24(29)28-11-9-17(10-12-28)18-5-4-6-22-20(18)14-23(30-22)19-8-7-16(15-27)13-21(19)26/h4-8,13,17,23H,9-12,14H2,1-3H3. The fraction of sp³-hybridized carbons (Fsp3) is 0.440. The molecule has 1 atom stereocenters. The van der Waals surface area contributed by atoms with Crippen LogP contribution in [0.2, 0.25) is 0 Å². The molecule has 1 saturated heterocycles. The number of amides is 1. The van der Waals surface area contributed by atoms with Gasteiger partial charge in [-0.3, -0.25) is 0 Å². The molecule has 0 aliphatic carbocycles. The van der Waals surface area contributed by atoms with Gasteiger partial charge in [0.05, 0.1) is 11.6 Å². The minimum atomic E-state index is -0.499. The van der Waals surface area contributed by atoms with Crippen molar-refractivity contribution in [2.24, 2.45) is 0 Å². The second-order valence-electron chi connectivity index (χ2n) is 9.22. The summed E-state index contributed by atoms with van der Waals surface area (Å²) >= 11 is 0. The molecule has 1 amide bonds. The van der Waals surface area contributed by atoms with Crippen LogP contribution in [-0.4, -0.2) is 29.7 Å². The Morgan fingerprint density at radius 1 is 1.19 bits per heavy atom. The largest absolute Gasteiger partial charge is 0.485 e. The summed E-state index contributed by atoms with van der Waals surface area (Å²) in [5, 5.41) is 8.97. The molecule has 1 fully saturated rings. The molecular weight excluding hydrogens is 395 g/mol. The first-order chi connectivity index (χ1) is 14.7. The minimum absolute atomic E-state index is 0.260. The van der Waals surface area contributed by atoms with Gasteiger partial charge in [-0.05, 0) is 63.3 Å². The summed E-state index contributed by atoms with van der Waals surface area (Å²) in [4.78, 5) is 14.1. The van der Waals surface area contributed by atoms with Gasteiger partial charge in [-0.1, -0.05) is 18.2 Å². The maximum Gasteiger partial charge on any atom is 0.410 e. The smallest absolute Gasteiger partial charge is 0.410 e. The van der Waals surface area contributed by atoms with Gasteiger partial charge < -0.3 is 14.4 Å². The maximum absolute atomic E-state index is 14.5. The van der Waals surface area contributed by atoms with Crippen molar-refractivity contribution >= 4 is 6.09 Å². The Morgan fingerprint density at radius 3 is 2.58 bits per heavy atom. The van der Waals surface area contributed by atoms with Crippen LogP contribution < -0.4 is 4.74 Å². The van der Waals surface area contributed by atoms with Gasteiger partial charge in [-0.25, -0.2) is 9.18 Å². The third-order valence-electron chi connectivity index (χ3n) is 5.89. The number of rotatable bonds is 2. The van der Waals surface area contributed by atoms with E-state index in [4.69, 9.17) is 14.7 Å². The van der Waals surface area contributed by atoms with Gasteiger partial charge in [0, 0.05) is 30.6 Å². The van der Waals surface area contributed by atoms with Crippen LogP contribution in [0.5, 0.6) is 5.75 Å². The maximum atomic E-state index is 14.5. The van der Waals surface area contributed by atoms with Crippen LogP contribution in [0.3, 0.4) is 0 Å². The molecule has 0 bridgehead atoms. The van der Waals surface area contributed by atoms with Crippen LogP contribution >= 0.6 is 0 Å². The zero-order valence-electron chi connectivity index (χ0n) is 18.2. The van der Waals surface area contributed by atoms with Crippen molar-refractivity contribution < 1.29 is 18.7 Å². The number of halogens is 1. The highest BCUT2D eigenvalue weighted by Crippen LogP contribution is 2.43. The molecule has 5 nitrogen and oxygen atoms in total. The number of benzene rings is 2. The Kier molecular flexibility index (Phi) is 5.62. The van der Waals surface area contributed by atoms with Crippen LogP contribution in [-0.2, 0) is 11.2 Å². The van der Waals surface area contributed by atoms with Crippen LogP contribution in [0.25, 0.3) is 0 Å². The molecule has 2 aliphatic rings. The molecule has 2 aromatic rings. The summed E-state index contributed by atoms with van der Waals surface area (Å²) in [6.45, 7) is 6.92. The number of nitrogens with zero attached hydrogens (tertiary/aromatic N) is 2. The molecular formula is C25H27FN2O3. The molecule has 6 heteroatoms. The first-order valence-electron chi connectivity index (χ1n) is 10.7. The zero-order valence-corrected chi connectivity index (χ0v) is 18.2. The lowest BCUT2D eigenvalue weighted by atomic mass is 9.85. The van der Waals surface area contributed by atoms with Crippen molar-refractivity contribution in [3.05, 3.63) is 64.5 Å². The summed E-state index contributed by atoms with van der Waals surface area (Å²) in [5.74, 6) is 0.701. The number of carbonyl (C=O) groups is 1. The summed E-state index contributed by atoms with van der Waals surface area (Å²) < 4.78 is 26.1. The highest BCUT2D eigenvalue weighted by atomic mass is 19.1. The molecule has 1 unspecified atom stereocenters. The predicted molar refractivity (Wildman–Crippen MR) is 114 cm³/mol. The first kappa shape index (κ1) is 21.2. The van der Waals surface area contributed by atoms with E-state index in [2.05, 4.69) is 6.07 Å². The molecule has 2 aromatic carbocycles. The minimum Gasteiger partial charge on any atom is -0.485 e. The van der Waals surface area contributed by atoms with E-state index in [9.17, 15) is 9.18 Å². The van der Waals surface area contributed by atoms with E-state index in [1.807, 2.05) is 39.0 Å². The van der Waals surface area contributed by atoms with Crippen molar-refractivity contribution in [3.63, 3.8) is 0 Å². The molecule has 0 saturated carbocycles. The average Bonchev–Trinajstić information content (AvgIpc) is 3.16. The number of likely N-dealkylation sites (tertiary alicyclic amines) is 1. The Labute approximate surface area is 182 Å². The summed E-state index contributed by atoms with van der Waals surface area (Å²) in [7, 11) is 0. The second-order valence-corrected chi connectivity index (χ2v) is 9.22. The van der Waals surface area contributed by atoms with Crippen LogP contribution in [0.15, 0.2) is 36.4 Å². The number of hydrogen-bond donors (Lipinski definition) is 0. The Hall–Kier alpha value is -3.07. The topological polar surface area (TPSA) is 62.6 Å². The van der Waals surface area contributed by atoms with Crippen molar-refractivity contribution in [2.45, 2.75) is 57.7 Å².